The van der Waals surface area contributed by atoms with Crippen LogP contribution in [0.5, 0.6) is 5.75 Å². The minimum atomic E-state index is -4.75. The van der Waals surface area contributed by atoms with Gasteiger partial charge in [0.15, 0.2) is 0 Å². The second kappa shape index (κ2) is 8.51. The number of rotatable bonds is 4. The number of nitrogens with one attached hydrogen (secondary N) is 1. The fourth-order valence-electron chi connectivity index (χ4n) is 2.66. The van der Waals surface area contributed by atoms with Crippen molar-refractivity contribution in [1.29, 1.82) is 0 Å². The van der Waals surface area contributed by atoms with Crippen molar-refractivity contribution in [3.63, 3.8) is 0 Å². The summed E-state index contributed by atoms with van der Waals surface area (Å²) in [4.78, 5) is 11.1. The number of phenols is 1. The van der Waals surface area contributed by atoms with Gasteiger partial charge in [0.25, 0.3) is 26.1 Å². The molecule has 3 aromatic carbocycles. The number of carbonyl (C=O) groups excluding carboxylic acids is 1. The third-order valence-electron chi connectivity index (χ3n) is 3.99. The Hall–Kier alpha value is -2.19. The van der Waals surface area contributed by atoms with E-state index < -0.39 is 41.7 Å². The van der Waals surface area contributed by atoms with Crippen molar-refractivity contribution in [3.05, 3.63) is 54.1 Å². The molecule has 3 aromatic rings. The van der Waals surface area contributed by atoms with Crippen LogP contribution in [-0.2, 0) is 20.2 Å². The van der Waals surface area contributed by atoms with E-state index in [4.69, 9.17) is 5.73 Å². The van der Waals surface area contributed by atoms with Gasteiger partial charge in [-0.05, 0) is 47.9 Å². The topological polar surface area (TPSA) is 184 Å². The standard InChI is InChI=1S/C17H14N2O8S2.Na/c18-11-3-1-9(2-4-11)17(21)19-14-7-12(28(22,23)24)5-10-6-13(29(25,26)27)8-15(20)16(10)14;/h1-8,20H,18H2,(H,19,21)(H,22,23,24)(H,25,26,27);. The monoisotopic (exact) mass is 461 g/mol. The summed E-state index contributed by atoms with van der Waals surface area (Å²) in [6, 6.07) is 9.18. The van der Waals surface area contributed by atoms with Crippen LogP contribution in [0.2, 0.25) is 0 Å². The van der Waals surface area contributed by atoms with E-state index in [2.05, 4.69) is 5.32 Å². The Morgan fingerprint density at radius 3 is 1.87 bits per heavy atom. The Bertz CT molecular complexity index is 1350. The van der Waals surface area contributed by atoms with Crippen molar-refractivity contribution >= 4 is 77.8 Å². The molecular formula is C17H14N2NaO8S2. The van der Waals surface area contributed by atoms with Gasteiger partial charge in [-0.25, -0.2) is 0 Å². The zero-order chi connectivity index (χ0) is 21.6. The Morgan fingerprint density at radius 2 is 1.37 bits per heavy atom. The molecule has 0 saturated carbocycles. The number of carbonyl (C=O) groups is 1. The van der Waals surface area contributed by atoms with Gasteiger partial charge in [0.2, 0.25) is 0 Å². The summed E-state index contributed by atoms with van der Waals surface area (Å²) >= 11 is 0. The largest absolute Gasteiger partial charge is 0.507 e. The average molecular weight is 461 g/mol. The molecule has 0 aliphatic carbocycles. The molecule has 0 spiro atoms. The SMILES string of the molecule is Nc1ccc(C(=O)Nc2cc(S(=O)(=O)O)cc3cc(S(=O)(=O)O)cc(O)c23)cc1.[Na]. The fourth-order valence-corrected chi connectivity index (χ4v) is 3.74. The summed E-state index contributed by atoms with van der Waals surface area (Å²) in [5.74, 6) is -1.33. The van der Waals surface area contributed by atoms with Crippen LogP contribution >= 0.6 is 0 Å². The van der Waals surface area contributed by atoms with Crippen molar-refractivity contribution in [2.24, 2.45) is 0 Å². The Labute approximate surface area is 193 Å². The zero-order valence-electron chi connectivity index (χ0n) is 15.4. The number of hydrogen-bond donors (Lipinski definition) is 5. The molecule has 30 heavy (non-hydrogen) atoms. The van der Waals surface area contributed by atoms with Crippen molar-refractivity contribution in [1.82, 2.24) is 0 Å². The van der Waals surface area contributed by atoms with E-state index >= 15 is 0 Å². The van der Waals surface area contributed by atoms with Gasteiger partial charge in [-0.15, -0.1) is 0 Å². The first-order chi connectivity index (χ1) is 13.4. The third-order valence-corrected chi connectivity index (χ3v) is 5.65. The minimum Gasteiger partial charge on any atom is -0.507 e. The van der Waals surface area contributed by atoms with Gasteiger partial charge >= 0.3 is 0 Å². The van der Waals surface area contributed by atoms with E-state index in [1.807, 2.05) is 0 Å². The van der Waals surface area contributed by atoms with Crippen molar-refractivity contribution in [2.75, 3.05) is 11.1 Å². The maximum atomic E-state index is 12.5. The normalized spacial score (nSPS) is 11.7. The van der Waals surface area contributed by atoms with Crippen LogP contribution < -0.4 is 11.1 Å². The molecule has 0 aromatic heterocycles. The van der Waals surface area contributed by atoms with Gasteiger partial charge in [-0.3, -0.25) is 13.9 Å². The van der Waals surface area contributed by atoms with Crippen molar-refractivity contribution in [2.45, 2.75) is 9.79 Å². The molecule has 0 saturated heterocycles. The van der Waals surface area contributed by atoms with E-state index in [0.717, 1.165) is 24.3 Å². The predicted octanol–water partition coefficient (Wildman–Crippen LogP) is 1.49. The van der Waals surface area contributed by atoms with Crippen molar-refractivity contribution < 1.29 is 35.8 Å². The summed E-state index contributed by atoms with van der Waals surface area (Å²) in [5, 5.41) is 12.4. The van der Waals surface area contributed by atoms with Gasteiger partial charge in [0.05, 0.1) is 15.5 Å². The first-order valence-corrected chi connectivity index (χ1v) is 10.7. The number of anilines is 2. The first-order valence-electron chi connectivity index (χ1n) is 7.79. The van der Waals surface area contributed by atoms with Crippen LogP contribution in [0.15, 0.2) is 58.3 Å². The van der Waals surface area contributed by atoms with E-state index in [9.17, 15) is 35.8 Å². The van der Waals surface area contributed by atoms with Crippen LogP contribution in [0.3, 0.4) is 0 Å². The summed E-state index contributed by atoms with van der Waals surface area (Å²) < 4.78 is 64.5. The molecule has 13 heteroatoms. The third kappa shape index (κ3) is 5.10. The van der Waals surface area contributed by atoms with Crippen LogP contribution in [0.4, 0.5) is 11.4 Å². The maximum Gasteiger partial charge on any atom is 0.294 e. The number of nitrogen functional groups attached to an aromatic ring is 1. The predicted molar refractivity (Wildman–Crippen MR) is 110 cm³/mol. The van der Waals surface area contributed by atoms with Gasteiger partial charge < -0.3 is 16.2 Å². The number of amides is 1. The summed E-state index contributed by atoms with van der Waals surface area (Å²) in [5.41, 5.74) is 5.93. The zero-order valence-corrected chi connectivity index (χ0v) is 19.0. The smallest absolute Gasteiger partial charge is 0.294 e. The molecule has 0 aliphatic rings. The Morgan fingerprint density at radius 1 is 0.867 bits per heavy atom. The molecular weight excluding hydrogens is 447 g/mol. The summed E-state index contributed by atoms with van der Waals surface area (Å²) in [6.07, 6.45) is 0. The second-order valence-corrected chi connectivity index (χ2v) is 8.88. The fraction of sp³-hybridized carbons (Fsp3) is 0. The first kappa shape index (κ1) is 24.1. The molecule has 0 heterocycles. The molecule has 153 valence electrons. The van der Waals surface area contributed by atoms with Gasteiger partial charge in [0.1, 0.15) is 5.75 Å². The quantitative estimate of drug-likeness (QED) is 0.218. The number of aromatic hydroxyl groups is 1. The average Bonchev–Trinajstić information content (AvgIpc) is 2.60. The van der Waals surface area contributed by atoms with Gasteiger partial charge in [-0.1, -0.05) is 0 Å². The van der Waals surface area contributed by atoms with E-state index in [1.165, 1.54) is 24.3 Å². The van der Waals surface area contributed by atoms with Crippen LogP contribution in [0.1, 0.15) is 10.4 Å². The number of nitrogens with two attached hydrogens (primary N) is 1. The minimum absolute atomic E-state index is 0. The molecule has 0 aliphatic heterocycles. The molecule has 0 fully saturated rings. The number of fused-ring (bicyclic) bond motifs is 1. The molecule has 0 bridgehead atoms. The van der Waals surface area contributed by atoms with Crippen molar-refractivity contribution in [3.8, 4) is 5.75 Å². The van der Waals surface area contributed by atoms with Crippen LogP contribution in [0.25, 0.3) is 10.8 Å². The molecule has 0 atom stereocenters. The Kier molecular flexibility index (Phi) is 6.83. The number of phenolic OH excluding ortho intramolecular Hbond substituents is 1. The number of hydrogen-bond acceptors (Lipinski definition) is 7. The maximum absolute atomic E-state index is 12.5. The number of benzene rings is 3. The van der Waals surface area contributed by atoms with Gasteiger partial charge in [0, 0.05) is 52.3 Å². The van der Waals surface area contributed by atoms with E-state index in [1.54, 1.807) is 0 Å². The molecule has 1 radical (unpaired) electrons. The second-order valence-electron chi connectivity index (χ2n) is 6.04. The van der Waals surface area contributed by atoms with Crippen LogP contribution in [-0.4, -0.2) is 66.5 Å². The van der Waals surface area contributed by atoms with Gasteiger partial charge in [-0.2, -0.15) is 16.8 Å². The summed E-state index contributed by atoms with van der Waals surface area (Å²) in [7, 11) is -9.46. The van der Waals surface area contributed by atoms with Crippen LogP contribution in [0, 0.1) is 0 Å². The molecule has 6 N–H and O–H groups in total. The van der Waals surface area contributed by atoms with E-state index in [0.29, 0.717) is 5.69 Å². The molecule has 0 unspecified atom stereocenters. The molecule has 10 nitrogen and oxygen atoms in total. The van der Waals surface area contributed by atoms with E-state index in [-0.39, 0.29) is 51.6 Å². The molecule has 3 rings (SSSR count). The summed E-state index contributed by atoms with van der Waals surface area (Å²) in [6.45, 7) is 0. The molecule has 1 amide bonds. The Balaban J connectivity index is 0.00000320.